The van der Waals surface area contributed by atoms with Crippen LogP contribution in [0.25, 0.3) is 0 Å². The molecule has 0 saturated carbocycles. The molecule has 0 aromatic rings. The van der Waals surface area contributed by atoms with Gasteiger partial charge in [0.1, 0.15) is 6.34 Å². The molecule has 0 unspecified atom stereocenters. The molecule has 1 heterocycles. The lowest BCUT2D eigenvalue weighted by molar-refractivity contribution is 0.546. The van der Waals surface area contributed by atoms with Gasteiger partial charge in [-0.2, -0.15) is 0 Å². The first kappa shape index (κ1) is 8.18. The fourth-order valence-electron chi connectivity index (χ4n) is 0.905. The Morgan fingerprint density at radius 2 is 2.09 bits per heavy atom. The SMILES string of the molecule is CC1(C)C=NC=NCC=CC1. The Morgan fingerprint density at radius 1 is 1.27 bits per heavy atom. The van der Waals surface area contributed by atoms with E-state index in [0.29, 0.717) is 0 Å². The van der Waals surface area contributed by atoms with Gasteiger partial charge in [0.15, 0.2) is 0 Å². The second kappa shape index (κ2) is 3.46. The van der Waals surface area contributed by atoms with Gasteiger partial charge >= 0.3 is 0 Å². The highest BCUT2D eigenvalue weighted by Gasteiger charge is 2.11. The summed E-state index contributed by atoms with van der Waals surface area (Å²) in [4.78, 5) is 8.13. The van der Waals surface area contributed by atoms with Crippen LogP contribution in [0.3, 0.4) is 0 Å². The van der Waals surface area contributed by atoms with E-state index >= 15 is 0 Å². The van der Waals surface area contributed by atoms with Crippen molar-refractivity contribution >= 4 is 12.6 Å². The molecule has 2 heteroatoms. The molecule has 0 aromatic heterocycles. The molecule has 0 atom stereocenters. The molecule has 2 nitrogen and oxygen atoms in total. The third kappa shape index (κ3) is 3.12. The molecule has 0 bridgehead atoms. The molecule has 0 N–H and O–H groups in total. The highest BCUT2D eigenvalue weighted by Crippen LogP contribution is 2.17. The molecule has 0 amide bonds. The third-order valence-electron chi connectivity index (χ3n) is 1.59. The summed E-state index contributed by atoms with van der Waals surface area (Å²) in [5.74, 6) is 0. The Bertz CT molecular complexity index is 200. The zero-order chi connectivity index (χ0) is 8.16. The standard InChI is InChI=1S/C9H14N2/c1-9(2)5-3-4-6-10-8-11-7-9/h3-4,7-8H,5-6H2,1-2H3. The van der Waals surface area contributed by atoms with E-state index in [1.54, 1.807) is 6.34 Å². The van der Waals surface area contributed by atoms with Crippen molar-refractivity contribution < 1.29 is 0 Å². The summed E-state index contributed by atoms with van der Waals surface area (Å²) in [5.41, 5.74) is 0.173. The molecule has 0 radical (unpaired) electrons. The second-order valence-electron chi connectivity index (χ2n) is 3.42. The summed E-state index contributed by atoms with van der Waals surface area (Å²) in [6.07, 6.45) is 8.85. The minimum Gasteiger partial charge on any atom is -0.269 e. The van der Waals surface area contributed by atoms with Crippen LogP contribution >= 0.6 is 0 Å². The monoisotopic (exact) mass is 150 g/mol. The van der Waals surface area contributed by atoms with Gasteiger partial charge in [-0.3, -0.25) is 4.99 Å². The van der Waals surface area contributed by atoms with E-state index in [0.717, 1.165) is 13.0 Å². The number of nitrogens with zero attached hydrogens (tertiary/aromatic N) is 2. The topological polar surface area (TPSA) is 24.7 Å². The Labute approximate surface area is 67.8 Å². The smallest absolute Gasteiger partial charge is 0.109 e. The van der Waals surface area contributed by atoms with E-state index in [2.05, 4.69) is 36.0 Å². The summed E-state index contributed by atoms with van der Waals surface area (Å²) < 4.78 is 0. The molecule has 60 valence electrons. The average Bonchev–Trinajstić information content (AvgIpc) is 2.00. The maximum absolute atomic E-state index is 4.09. The Morgan fingerprint density at radius 3 is 2.91 bits per heavy atom. The normalized spacial score (nSPS) is 22.4. The van der Waals surface area contributed by atoms with Crippen LogP contribution < -0.4 is 0 Å². The van der Waals surface area contributed by atoms with Gasteiger partial charge in [-0.15, -0.1) is 0 Å². The molecule has 0 fully saturated rings. The van der Waals surface area contributed by atoms with Crippen LogP contribution in [0.5, 0.6) is 0 Å². The van der Waals surface area contributed by atoms with Gasteiger partial charge in [-0.1, -0.05) is 26.0 Å². The molecule has 0 aliphatic carbocycles. The lowest BCUT2D eigenvalue weighted by Crippen LogP contribution is -2.11. The molecular formula is C9H14N2. The van der Waals surface area contributed by atoms with Crippen molar-refractivity contribution in [3.8, 4) is 0 Å². The van der Waals surface area contributed by atoms with Crippen LogP contribution in [0.15, 0.2) is 22.1 Å². The third-order valence-corrected chi connectivity index (χ3v) is 1.59. The van der Waals surface area contributed by atoms with Crippen LogP contribution in [0.2, 0.25) is 0 Å². The Kier molecular flexibility index (Phi) is 2.58. The molecular weight excluding hydrogens is 136 g/mol. The highest BCUT2D eigenvalue weighted by atomic mass is 14.8. The van der Waals surface area contributed by atoms with Crippen molar-refractivity contribution in [3.63, 3.8) is 0 Å². The van der Waals surface area contributed by atoms with Crippen molar-refractivity contribution in [1.82, 2.24) is 0 Å². The minimum absolute atomic E-state index is 0.173. The predicted molar refractivity (Wildman–Crippen MR) is 49.4 cm³/mol. The largest absolute Gasteiger partial charge is 0.269 e. The molecule has 1 rings (SSSR count). The summed E-state index contributed by atoms with van der Waals surface area (Å²) >= 11 is 0. The number of hydrogen-bond acceptors (Lipinski definition) is 2. The minimum atomic E-state index is 0.173. The first-order valence-electron chi connectivity index (χ1n) is 3.88. The molecule has 0 spiro atoms. The number of allylic oxidation sites excluding steroid dienone is 1. The van der Waals surface area contributed by atoms with Gasteiger partial charge in [-0.25, -0.2) is 4.99 Å². The van der Waals surface area contributed by atoms with Crippen molar-refractivity contribution in [2.45, 2.75) is 20.3 Å². The lowest BCUT2D eigenvalue weighted by Gasteiger charge is -2.15. The van der Waals surface area contributed by atoms with Crippen molar-refractivity contribution in [2.24, 2.45) is 15.4 Å². The van der Waals surface area contributed by atoms with Crippen LogP contribution in [0.4, 0.5) is 0 Å². The van der Waals surface area contributed by atoms with E-state index in [-0.39, 0.29) is 5.41 Å². The highest BCUT2D eigenvalue weighted by molar-refractivity contribution is 5.76. The lowest BCUT2D eigenvalue weighted by atomic mass is 9.91. The van der Waals surface area contributed by atoms with Gasteiger partial charge in [0.05, 0.1) is 6.54 Å². The first-order chi connectivity index (χ1) is 5.21. The second-order valence-corrected chi connectivity index (χ2v) is 3.42. The number of rotatable bonds is 0. The van der Waals surface area contributed by atoms with E-state index < -0.39 is 0 Å². The van der Waals surface area contributed by atoms with Crippen LogP contribution in [-0.2, 0) is 0 Å². The first-order valence-corrected chi connectivity index (χ1v) is 3.88. The van der Waals surface area contributed by atoms with Gasteiger partial charge < -0.3 is 0 Å². The maximum Gasteiger partial charge on any atom is 0.109 e. The van der Waals surface area contributed by atoms with Crippen LogP contribution in [0.1, 0.15) is 20.3 Å². The van der Waals surface area contributed by atoms with E-state index in [1.165, 1.54) is 0 Å². The molecule has 11 heavy (non-hydrogen) atoms. The predicted octanol–water partition coefficient (Wildman–Crippen LogP) is 2.07. The summed E-state index contributed by atoms with van der Waals surface area (Å²) in [5, 5.41) is 0. The van der Waals surface area contributed by atoms with Crippen molar-refractivity contribution in [3.05, 3.63) is 12.2 Å². The van der Waals surface area contributed by atoms with Crippen LogP contribution in [-0.4, -0.2) is 19.1 Å². The maximum atomic E-state index is 4.09. The molecule has 0 aromatic carbocycles. The van der Waals surface area contributed by atoms with E-state index in [9.17, 15) is 0 Å². The zero-order valence-corrected chi connectivity index (χ0v) is 7.12. The number of aliphatic imine (C=N–C) groups is 2. The van der Waals surface area contributed by atoms with Crippen molar-refractivity contribution in [2.75, 3.05) is 6.54 Å². The van der Waals surface area contributed by atoms with Gasteiger partial charge in [0.2, 0.25) is 0 Å². The van der Waals surface area contributed by atoms with E-state index in [1.807, 2.05) is 6.21 Å². The quantitative estimate of drug-likeness (QED) is 0.472. The van der Waals surface area contributed by atoms with Crippen LogP contribution in [0, 0.1) is 5.41 Å². The Hall–Kier alpha value is -0.920. The van der Waals surface area contributed by atoms with Gasteiger partial charge in [-0.05, 0) is 6.42 Å². The van der Waals surface area contributed by atoms with Crippen molar-refractivity contribution in [1.29, 1.82) is 0 Å². The zero-order valence-electron chi connectivity index (χ0n) is 7.12. The van der Waals surface area contributed by atoms with Gasteiger partial charge in [0, 0.05) is 11.6 Å². The fraction of sp³-hybridized carbons (Fsp3) is 0.556. The molecule has 1 aliphatic heterocycles. The summed E-state index contributed by atoms with van der Waals surface area (Å²) in [6.45, 7) is 5.09. The average molecular weight is 150 g/mol. The molecule has 1 aliphatic rings. The Balaban J connectivity index is 2.70. The number of hydrogen-bond donors (Lipinski definition) is 0. The van der Waals surface area contributed by atoms with E-state index in [4.69, 9.17) is 0 Å². The fourth-order valence-corrected chi connectivity index (χ4v) is 0.905. The van der Waals surface area contributed by atoms with Gasteiger partial charge in [0.25, 0.3) is 0 Å². The summed E-state index contributed by atoms with van der Waals surface area (Å²) in [7, 11) is 0. The summed E-state index contributed by atoms with van der Waals surface area (Å²) in [6, 6.07) is 0. The molecule has 0 saturated heterocycles.